The summed E-state index contributed by atoms with van der Waals surface area (Å²) in [6.07, 6.45) is 1.16. The van der Waals surface area contributed by atoms with Crippen molar-refractivity contribution in [2.45, 2.75) is 26.4 Å². The van der Waals surface area contributed by atoms with E-state index in [-0.39, 0.29) is 0 Å². The van der Waals surface area contributed by atoms with E-state index in [1.807, 2.05) is 12.1 Å². The van der Waals surface area contributed by atoms with E-state index >= 15 is 0 Å². The van der Waals surface area contributed by atoms with E-state index < -0.39 is 0 Å². The highest BCUT2D eigenvalue weighted by atomic mass is 35.5. The van der Waals surface area contributed by atoms with Gasteiger partial charge in [0.2, 0.25) is 0 Å². The van der Waals surface area contributed by atoms with Crippen LogP contribution in [0.2, 0.25) is 5.02 Å². The second kappa shape index (κ2) is 6.11. The lowest BCUT2D eigenvalue weighted by Crippen LogP contribution is -2.18. The molecule has 1 aromatic carbocycles. The molecule has 0 aliphatic rings. The van der Waals surface area contributed by atoms with Crippen LogP contribution in [0.1, 0.15) is 24.5 Å². The number of hydrogen-bond acceptors (Lipinski definition) is 2. The van der Waals surface area contributed by atoms with E-state index in [1.165, 1.54) is 5.56 Å². The van der Waals surface area contributed by atoms with Crippen molar-refractivity contribution in [3.05, 3.63) is 34.3 Å². The molecule has 2 N–H and O–H groups in total. The summed E-state index contributed by atoms with van der Waals surface area (Å²) in [6, 6.07) is 6.06. The van der Waals surface area contributed by atoms with Crippen LogP contribution in [0, 0.1) is 0 Å². The van der Waals surface area contributed by atoms with E-state index in [0.29, 0.717) is 6.54 Å². The molecule has 0 bridgehead atoms. The molecule has 0 fully saturated rings. The van der Waals surface area contributed by atoms with Gasteiger partial charge in [-0.05, 0) is 37.2 Å². The average Bonchev–Trinajstić information content (AvgIpc) is 2.21. The van der Waals surface area contributed by atoms with Crippen LogP contribution in [-0.4, -0.2) is 18.5 Å². The van der Waals surface area contributed by atoms with Gasteiger partial charge in [-0.25, -0.2) is 0 Å². The van der Waals surface area contributed by atoms with Crippen LogP contribution in [0.15, 0.2) is 18.2 Å². The standard InChI is InChI=1S/C12H19ClN2/c1-3-6-15(2)9-11-5-4-10(8-14)7-12(11)13/h4-5,7H,3,6,8-9,14H2,1-2H3. The first-order chi connectivity index (χ1) is 7.17. The van der Waals surface area contributed by atoms with Crippen LogP contribution < -0.4 is 5.73 Å². The van der Waals surface area contributed by atoms with Crippen molar-refractivity contribution in [3.8, 4) is 0 Å². The minimum atomic E-state index is 0.546. The van der Waals surface area contributed by atoms with Crippen LogP contribution in [0.25, 0.3) is 0 Å². The molecule has 0 unspecified atom stereocenters. The Balaban J connectivity index is 2.69. The van der Waals surface area contributed by atoms with E-state index in [2.05, 4.69) is 24.9 Å². The first-order valence-electron chi connectivity index (χ1n) is 5.33. The lowest BCUT2D eigenvalue weighted by Gasteiger charge is -2.16. The highest BCUT2D eigenvalue weighted by Crippen LogP contribution is 2.19. The Labute approximate surface area is 97.0 Å². The van der Waals surface area contributed by atoms with Crippen molar-refractivity contribution in [2.24, 2.45) is 5.73 Å². The SMILES string of the molecule is CCCN(C)Cc1ccc(CN)cc1Cl. The van der Waals surface area contributed by atoms with Gasteiger partial charge in [0.15, 0.2) is 0 Å². The van der Waals surface area contributed by atoms with E-state index in [9.17, 15) is 0 Å². The van der Waals surface area contributed by atoms with Gasteiger partial charge in [0.25, 0.3) is 0 Å². The Hall–Kier alpha value is -0.570. The molecule has 0 saturated carbocycles. The summed E-state index contributed by atoms with van der Waals surface area (Å²) in [5.74, 6) is 0. The number of hydrogen-bond donors (Lipinski definition) is 1. The topological polar surface area (TPSA) is 29.3 Å². The van der Waals surface area contributed by atoms with Gasteiger partial charge in [-0.3, -0.25) is 0 Å². The molecule has 1 aromatic rings. The zero-order valence-corrected chi connectivity index (χ0v) is 10.2. The Bertz CT molecular complexity index is 312. The first-order valence-corrected chi connectivity index (χ1v) is 5.71. The molecule has 2 nitrogen and oxygen atoms in total. The van der Waals surface area contributed by atoms with Gasteiger partial charge in [0, 0.05) is 18.1 Å². The maximum absolute atomic E-state index is 6.17. The number of nitrogens with zero attached hydrogens (tertiary/aromatic N) is 1. The number of halogens is 1. The molecule has 0 radical (unpaired) electrons. The van der Waals surface area contributed by atoms with Crippen molar-refractivity contribution >= 4 is 11.6 Å². The van der Waals surface area contributed by atoms with E-state index in [0.717, 1.165) is 30.1 Å². The molecule has 1 rings (SSSR count). The van der Waals surface area contributed by atoms with Gasteiger partial charge < -0.3 is 10.6 Å². The molecule has 0 aromatic heterocycles. The Kier molecular flexibility index (Phi) is 5.09. The van der Waals surface area contributed by atoms with Crippen molar-refractivity contribution in [1.82, 2.24) is 4.90 Å². The minimum absolute atomic E-state index is 0.546. The quantitative estimate of drug-likeness (QED) is 0.837. The third-order valence-corrected chi connectivity index (χ3v) is 2.75. The largest absolute Gasteiger partial charge is 0.326 e. The Morgan fingerprint density at radius 2 is 2.13 bits per heavy atom. The molecular formula is C12H19ClN2. The Morgan fingerprint density at radius 3 is 2.67 bits per heavy atom. The van der Waals surface area contributed by atoms with Crippen LogP contribution in [0.4, 0.5) is 0 Å². The van der Waals surface area contributed by atoms with Gasteiger partial charge >= 0.3 is 0 Å². The third kappa shape index (κ3) is 3.82. The molecule has 0 heterocycles. The minimum Gasteiger partial charge on any atom is -0.326 e. The number of nitrogens with two attached hydrogens (primary N) is 1. The summed E-state index contributed by atoms with van der Waals surface area (Å²) in [5.41, 5.74) is 7.80. The predicted molar refractivity (Wildman–Crippen MR) is 66.0 cm³/mol. The van der Waals surface area contributed by atoms with Crippen LogP contribution >= 0.6 is 11.6 Å². The fourth-order valence-corrected chi connectivity index (χ4v) is 1.86. The van der Waals surface area contributed by atoms with Crippen molar-refractivity contribution in [1.29, 1.82) is 0 Å². The third-order valence-electron chi connectivity index (χ3n) is 2.40. The molecule has 0 amide bonds. The zero-order valence-electron chi connectivity index (χ0n) is 9.46. The van der Waals surface area contributed by atoms with Crippen molar-refractivity contribution in [3.63, 3.8) is 0 Å². The summed E-state index contributed by atoms with van der Waals surface area (Å²) >= 11 is 6.17. The summed E-state index contributed by atoms with van der Waals surface area (Å²) in [5, 5.41) is 0.820. The second-order valence-corrected chi connectivity index (χ2v) is 4.27. The van der Waals surface area contributed by atoms with Crippen LogP contribution in [0.3, 0.4) is 0 Å². The van der Waals surface area contributed by atoms with Gasteiger partial charge in [-0.2, -0.15) is 0 Å². The zero-order chi connectivity index (χ0) is 11.3. The summed E-state index contributed by atoms with van der Waals surface area (Å²) < 4.78 is 0. The lowest BCUT2D eigenvalue weighted by atomic mass is 10.1. The van der Waals surface area contributed by atoms with Gasteiger partial charge in [-0.1, -0.05) is 30.7 Å². The maximum atomic E-state index is 6.17. The molecule has 84 valence electrons. The smallest absolute Gasteiger partial charge is 0.0454 e. The molecule has 0 saturated heterocycles. The highest BCUT2D eigenvalue weighted by molar-refractivity contribution is 6.31. The van der Waals surface area contributed by atoms with E-state index in [1.54, 1.807) is 0 Å². The van der Waals surface area contributed by atoms with Crippen LogP contribution in [-0.2, 0) is 13.1 Å². The number of rotatable bonds is 5. The second-order valence-electron chi connectivity index (χ2n) is 3.87. The van der Waals surface area contributed by atoms with Crippen LogP contribution in [0.5, 0.6) is 0 Å². The first kappa shape index (κ1) is 12.5. The summed E-state index contributed by atoms with van der Waals surface area (Å²) in [4.78, 5) is 2.27. The molecule has 0 aliphatic heterocycles. The fourth-order valence-electron chi connectivity index (χ4n) is 1.60. The molecule has 15 heavy (non-hydrogen) atoms. The summed E-state index contributed by atoms with van der Waals surface area (Å²) in [6.45, 7) is 4.72. The molecule has 0 atom stereocenters. The maximum Gasteiger partial charge on any atom is 0.0454 e. The molecule has 3 heteroatoms. The number of benzene rings is 1. The highest BCUT2D eigenvalue weighted by Gasteiger charge is 2.04. The van der Waals surface area contributed by atoms with E-state index in [4.69, 9.17) is 17.3 Å². The average molecular weight is 227 g/mol. The normalized spacial score (nSPS) is 11.0. The predicted octanol–water partition coefficient (Wildman–Crippen LogP) is 2.64. The monoisotopic (exact) mass is 226 g/mol. The van der Waals surface area contributed by atoms with Crippen molar-refractivity contribution < 1.29 is 0 Å². The molecule has 0 spiro atoms. The van der Waals surface area contributed by atoms with Gasteiger partial charge in [0.1, 0.15) is 0 Å². The van der Waals surface area contributed by atoms with Gasteiger partial charge in [0.05, 0.1) is 0 Å². The summed E-state index contributed by atoms with van der Waals surface area (Å²) in [7, 11) is 2.11. The molecular weight excluding hydrogens is 208 g/mol. The van der Waals surface area contributed by atoms with Crippen molar-refractivity contribution in [2.75, 3.05) is 13.6 Å². The lowest BCUT2D eigenvalue weighted by molar-refractivity contribution is 0.327. The van der Waals surface area contributed by atoms with Gasteiger partial charge in [-0.15, -0.1) is 0 Å². The molecule has 0 aliphatic carbocycles. The Morgan fingerprint density at radius 1 is 1.40 bits per heavy atom. The fraction of sp³-hybridized carbons (Fsp3) is 0.500.